The number of carbonyl (C=O) groups excluding carboxylic acids is 1. The lowest BCUT2D eigenvalue weighted by atomic mass is 10.1. The van der Waals surface area contributed by atoms with Crippen molar-refractivity contribution in [3.63, 3.8) is 0 Å². The minimum atomic E-state index is -1.48. The molecule has 1 aromatic carbocycles. The zero-order valence-corrected chi connectivity index (χ0v) is 11.0. The number of hydrogen-bond acceptors (Lipinski definition) is 5. The molecule has 0 radical (unpaired) electrons. The van der Waals surface area contributed by atoms with E-state index in [-0.39, 0.29) is 23.7 Å². The summed E-state index contributed by atoms with van der Waals surface area (Å²) in [7, 11) is 1.34. The molecule has 6 heteroatoms. The van der Waals surface area contributed by atoms with Crippen molar-refractivity contribution in [2.45, 2.75) is 13.0 Å². The number of methoxy groups -OCH3 is 1. The van der Waals surface area contributed by atoms with Crippen molar-refractivity contribution in [3.8, 4) is 11.5 Å². The molecular formula is C11H13BrO5. The highest BCUT2D eigenvalue weighted by Crippen LogP contribution is 2.39. The minimum absolute atomic E-state index is 0.0416. The lowest BCUT2D eigenvalue weighted by Gasteiger charge is -2.15. The highest BCUT2D eigenvalue weighted by atomic mass is 79.9. The van der Waals surface area contributed by atoms with Crippen LogP contribution in [0.5, 0.6) is 11.5 Å². The third-order valence-electron chi connectivity index (χ3n) is 2.12. The maximum Gasteiger partial charge on any atom is 0.339 e. The number of benzene rings is 1. The van der Waals surface area contributed by atoms with E-state index >= 15 is 0 Å². The molecule has 1 unspecified atom stereocenters. The number of aliphatic hydroxyl groups is 1. The topological polar surface area (TPSA) is 76.0 Å². The SMILES string of the molecule is CCOC(=O)C(O)c1ccc(Br)c(O)c1OC. The molecule has 0 fully saturated rings. The number of carbonyl (C=O) groups is 1. The second kappa shape index (κ2) is 5.88. The molecule has 0 saturated carbocycles. The molecule has 0 saturated heterocycles. The van der Waals surface area contributed by atoms with Gasteiger partial charge in [-0.25, -0.2) is 4.79 Å². The number of ether oxygens (including phenoxy) is 2. The average molecular weight is 305 g/mol. The van der Waals surface area contributed by atoms with Gasteiger partial charge in [-0.1, -0.05) is 6.07 Å². The number of halogens is 1. The Bertz CT molecular complexity index is 419. The van der Waals surface area contributed by atoms with E-state index in [1.807, 2.05) is 0 Å². The Hall–Kier alpha value is -1.27. The van der Waals surface area contributed by atoms with Crippen molar-refractivity contribution in [1.29, 1.82) is 0 Å². The summed E-state index contributed by atoms with van der Waals surface area (Å²) in [6, 6.07) is 2.99. The van der Waals surface area contributed by atoms with Crippen molar-refractivity contribution in [2.75, 3.05) is 13.7 Å². The molecule has 0 aliphatic carbocycles. The van der Waals surface area contributed by atoms with E-state index in [0.717, 1.165) is 0 Å². The van der Waals surface area contributed by atoms with E-state index in [1.165, 1.54) is 19.2 Å². The monoisotopic (exact) mass is 304 g/mol. The summed E-state index contributed by atoms with van der Waals surface area (Å²) in [5.74, 6) is -0.916. The molecule has 0 aromatic heterocycles. The lowest BCUT2D eigenvalue weighted by molar-refractivity contribution is -0.153. The predicted molar refractivity (Wildman–Crippen MR) is 64.0 cm³/mol. The number of phenols is 1. The maximum atomic E-state index is 11.4. The summed E-state index contributed by atoms with van der Waals surface area (Å²) in [5, 5.41) is 19.5. The van der Waals surface area contributed by atoms with Gasteiger partial charge in [-0.15, -0.1) is 0 Å². The second-order valence-electron chi connectivity index (χ2n) is 3.17. The van der Waals surface area contributed by atoms with E-state index in [4.69, 9.17) is 4.74 Å². The third-order valence-corrected chi connectivity index (χ3v) is 2.76. The van der Waals surface area contributed by atoms with E-state index in [2.05, 4.69) is 20.7 Å². The molecule has 5 nitrogen and oxygen atoms in total. The quantitative estimate of drug-likeness (QED) is 0.829. The number of esters is 1. The molecule has 1 aromatic rings. The lowest BCUT2D eigenvalue weighted by Crippen LogP contribution is -2.16. The molecular weight excluding hydrogens is 292 g/mol. The number of hydrogen-bond donors (Lipinski definition) is 2. The Morgan fingerprint density at radius 1 is 1.53 bits per heavy atom. The smallest absolute Gasteiger partial charge is 0.339 e. The molecule has 0 spiro atoms. The maximum absolute atomic E-state index is 11.4. The van der Waals surface area contributed by atoms with Gasteiger partial charge in [0.25, 0.3) is 0 Å². The normalized spacial score (nSPS) is 12.0. The highest BCUT2D eigenvalue weighted by Gasteiger charge is 2.25. The summed E-state index contributed by atoms with van der Waals surface area (Å²) in [5.41, 5.74) is 0.159. The van der Waals surface area contributed by atoms with Crippen LogP contribution in [-0.4, -0.2) is 29.9 Å². The Labute approximate surface area is 107 Å². The molecule has 17 heavy (non-hydrogen) atoms. The molecule has 0 aliphatic heterocycles. The van der Waals surface area contributed by atoms with Crippen LogP contribution in [0, 0.1) is 0 Å². The number of aromatic hydroxyl groups is 1. The zero-order valence-electron chi connectivity index (χ0n) is 9.44. The Morgan fingerprint density at radius 3 is 2.71 bits per heavy atom. The van der Waals surface area contributed by atoms with Crippen LogP contribution in [-0.2, 0) is 9.53 Å². The molecule has 0 aliphatic rings. The van der Waals surface area contributed by atoms with E-state index in [1.54, 1.807) is 6.92 Å². The average Bonchev–Trinajstić information content (AvgIpc) is 2.31. The van der Waals surface area contributed by atoms with E-state index < -0.39 is 12.1 Å². The van der Waals surface area contributed by atoms with Gasteiger partial charge in [0.05, 0.1) is 18.2 Å². The van der Waals surface area contributed by atoms with Crippen LogP contribution in [0.1, 0.15) is 18.6 Å². The van der Waals surface area contributed by atoms with Gasteiger partial charge in [0.1, 0.15) is 0 Å². The first-order valence-corrected chi connectivity index (χ1v) is 5.72. The highest BCUT2D eigenvalue weighted by molar-refractivity contribution is 9.10. The fourth-order valence-electron chi connectivity index (χ4n) is 1.34. The first kappa shape index (κ1) is 13.8. The van der Waals surface area contributed by atoms with Crippen LogP contribution in [0.4, 0.5) is 0 Å². The predicted octanol–water partition coefficient (Wildman–Crippen LogP) is 1.76. The van der Waals surface area contributed by atoms with E-state index in [0.29, 0.717) is 4.47 Å². The fraction of sp³-hybridized carbons (Fsp3) is 0.364. The Morgan fingerprint density at radius 2 is 2.18 bits per heavy atom. The summed E-state index contributed by atoms with van der Waals surface area (Å²) in [6.07, 6.45) is -1.48. The molecule has 1 atom stereocenters. The van der Waals surface area contributed by atoms with Crippen LogP contribution >= 0.6 is 15.9 Å². The molecule has 0 amide bonds. The van der Waals surface area contributed by atoms with Crippen LogP contribution in [0.15, 0.2) is 16.6 Å². The van der Waals surface area contributed by atoms with Gasteiger partial charge in [0, 0.05) is 5.56 Å². The number of phenolic OH excluding ortho intramolecular Hbond substituents is 1. The largest absolute Gasteiger partial charge is 0.503 e. The number of aliphatic hydroxyl groups excluding tert-OH is 1. The summed E-state index contributed by atoms with van der Waals surface area (Å²) >= 11 is 3.11. The summed E-state index contributed by atoms with van der Waals surface area (Å²) in [6.45, 7) is 1.81. The van der Waals surface area contributed by atoms with Crippen molar-refractivity contribution in [3.05, 3.63) is 22.2 Å². The van der Waals surface area contributed by atoms with Gasteiger partial charge in [0.15, 0.2) is 17.6 Å². The molecule has 0 heterocycles. The standard InChI is InChI=1S/C11H13BrO5/c1-3-17-11(15)8(13)6-4-5-7(12)9(14)10(6)16-2/h4-5,8,13-14H,3H2,1-2H3. The van der Waals surface area contributed by atoms with E-state index in [9.17, 15) is 15.0 Å². The van der Waals surface area contributed by atoms with Gasteiger partial charge in [0.2, 0.25) is 0 Å². The minimum Gasteiger partial charge on any atom is -0.503 e. The Kier molecular flexibility index (Phi) is 4.77. The first-order valence-electron chi connectivity index (χ1n) is 4.93. The van der Waals surface area contributed by atoms with Crippen LogP contribution < -0.4 is 4.74 Å². The molecule has 1 rings (SSSR count). The first-order chi connectivity index (χ1) is 8.02. The van der Waals surface area contributed by atoms with Gasteiger partial charge in [-0.2, -0.15) is 0 Å². The van der Waals surface area contributed by atoms with Gasteiger partial charge in [-0.3, -0.25) is 0 Å². The molecule has 94 valence electrons. The van der Waals surface area contributed by atoms with Gasteiger partial charge < -0.3 is 19.7 Å². The summed E-state index contributed by atoms with van der Waals surface area (Å²) < 4.78 is 10.1. The van der Waals surface area contributed by atoms with Crippen LogP contribution in [0.3, 0.4) is 0 Å². The Balaban J connectivity index is 3.13. The third kappa shape index (κ3) is 2.89. The van der Waals surface area contributed by atoms with Crippen LogP contribution in [0.25, 0.3) is 0 Å². The molecule has 2 N–H and O–H groups in total. The summed E-state index contributed by atoms with van der Waals surface area (Å²) in [4.78, 5) is 11.4. The van der Waals surface area contributed by atoms with Crippen molar-refractivity contribution in [1.82, 2.24) is 0 Å². The van der Waals surface area contributed by atoms with Crippen molar-refractivity contribution in [2.24, 2.45) is 0 Å². The van der Waals surface area contributed by atoms with Crippen molar-refractivity contribution >= 4 is 21.9 Å². The van der Waals surface area contributed by atoms with Crippen molar-refractivity contribution < 1.29 is 24.5 Å². The zero-order chi connectivity index (χ0) is 13.0. The van der Waals surface area contributed by atoms with Crippen LogP contribution in [0.2, 0.25) is 0 Å². The fourth-order valence-corrected chi connectivity index (χ4v) is 1.65. The van der Waals surface area contributed by atoms with Gasteiger partial charge >= 0.3 is 5.97 Å². The number of rotatable bonds is 4. The second-order valence-corrected chi connectivity index (χ2v) is 4.03. The molecule has 0 bridgehead atoms. The van der Waals surface area contributed by atoms with Gasteiger partial charge in [-0.05, 0) is 28.9 Å².